The largest absolute Gasteiger partial charge is 0.493 e. The lowest BCUT2D eigenvalue weighted by Gasteiger charge is -2.21. The predicted molar refractivity (Wildman–Crippen MR) is 112 cm³/mol. The average molecular weight is 421 g/mol. The molecular formula is C21H28N2O5S. The van der Waals surface area contributed by atoms with Gasteiger partial charge < -0.3 is 14.8 Å². The van der Waals surface area contributed by atoms with Gasteiger partial charge >= 0.3 is 0 Å². The molecule has 29 heavy (non-hydrogen) atoms. The van der Waals surface area contributed by atoms with Gasteiger partial charge in [0, 0.05) is 12.1 Å². The third kappa shape index (κ3) is 6.20. The topological polar surface area (TPSA) is 93.7 Å². The second-order valence-electron chi connectivity index (χ2n) is 6.70. The lowest BCUT2D eigenvalue weighted by molar-refractivity contribution is -0.123. The van der Waals surface area contributed by atoms with E-state index in [0.717, 1.165) is 12.0 Å². The highest BCUT2D eigenvalue weighted by atomic mass is 32.2. The maximum absolute atomic E-state index is 13.0. The van der Waals surface area contributed by atoms with Crippen LogP contribution in [0.3, 0.4) is 0 Å². The Balaban J connectivity index is 2.31. The molecule has 0 aromatic heterocycles. The van der Waals surface area contributed by atoms with Crippen molar-refractivity contribution in [3.8, 4) is 11.5 Å². The molecule has 2 aromatic carbocycles. The molecular weight excluding hydrogens is 392 g/mol. The van der Waals surface area contributed by atoms with Gasteiger partial charge in [-0.25, -0.2) is 8.42 Å². The van der Waals surface area contributed by atoms with Crippen molar-refractivity contribution in [3.63, 3.8) is 0 Å². The lowest BCUT2D eigenvalue weighted by Crippen LogP contribution is -2.50. The van der Waals surface area contributed by atoms with Crippen molar-refractivity contribution in [1.29, 1.82) is 0 Å². The minimum absolute atomic E-state index is 0.00967. The summed E-state index contributed by atoms with van der Waals surface area (Å²) in [6, 6.07) is 12.6. The third-order valence-electron chi connectivity index (χ3n) is 4.56. The van der Waals surface area contributed by atoms with Gasteiger partial charge in [-0.2, -0.15) is 4.72 Å². The third-order valence-corrected chi connectivity index (χ3v) is 6.03. The SMILES string of the molecule is CC[C@H](C)NC(=O)[C@H](Cc1ccccc1)NS(=O)(=O)c1ccc(OC)c(OC)c1. The minimum atomic E-state index is -3.97. The quantitative estimate of drug-likeness (QED) is 0.616. The number of carbonyl (C=O) groups excluding carboxylic acids is 1. The summed E-state index contributed by atoms with van der Waals surface area (Å²) in [5.41, 5.74) is 0.854. The minimum Gasteiger partial charge on any atom is -0.493 e. The molecule has 158 valence electrons. The molecule has 0 aliphatic rings. The molecule has 0 aliphatic heterocycles. The van der Waals surface area contributed by atoms with Crippen LogP contribution in [0.15, 0.2) is 53.4 Å². The normalized spacial score (nSPS) is 13.4. The van der Waals surface area contributed by atoms with Gasteiger partial charge in [-0.05, 0) is 37.5 Å². The number of hydrogen-bond donors (Lipinski definition) is 2. The Morgan fingerprint density at radius 1 is 1.03 bits per heavy atom. The van der Waals surface area contributed by atoms with E-state index in [1.807, 2.05) is 44.2 Å². The second-order valence-corrected chi connectivity index (χ2v) is 8.41. The highest BCUT2D eigenvalue weighted by Crippen LogP contribution is 2.29. The summed E-state index contributed by atoms with van der Waals surface area (Å²) >= 11 is 0. The van der Waals surface area contributed by atoms with Crippen LogP contribution in [0.2, 0.25) is 0 Å². The van der Waals surface area contributed by atoms with Gasteiger partial charge in [-0.1, -0.05) is 37.3 Å². The number of nitrogens with one attached hydrogen (secondary N) is 2. The van der Waals surface area contributed by atoms with Crippen molar-refractivity contribution in [2.75, 3.05) is 14.2 Å². The Kier molecular flexibility index (Phi) is 8.04. The van der Waals surface area contributed by atoms with Crippen LogP contribution < -0.4 is 19.5 Å². The first kappa shape index (κ1) is 22.7. The Morgan fingerprint density at radius 3 is 2.28 bits per heavy atom. The fraction of sp³-hybridized carbons (Fsp3) is 0.381. The number of methoxy groups -OCH3 is 2. The summed E-state index contributed by atoms with van der Waals surface area (Å²) < 4.78 is 38.8. The maximum atomic E-state index is 13.0. The summed E-state index contributed by atoms with van der Waals surface area (Å²) in [6.07, 6.45) is 0.974. The van der Waals surface area contributed by atoms with Crippen LogP contribution in [-0.4, -0.2) is 40.6 Å². The van der Waals surface area contributed by atoms with E-state index < -0.39 is 16.1 Å². The van der Waals surface area contributed by atoms with Crippen molar-refractivity contribution in [2.24, 2.45) is 0 Å². The van der Waals surface area contributed by atoms with Gasteiger partial charge in [-0.15, -0.1) is 0 Å². The maximum Gasteiger partial charge on any atom is 0.241 e. The van der Waals surface area contributed by atoms with Crippen LogP contribution in [0.1, 0.15) is 25.8 Å². The monoisotopic (exact) mass is 420 g/mol. The molecule has 0 aliphatic carbocycles. The zero-order chi connectivity index (χ0) is 21.4. The fourth-order valence-corrected chi connectivity index (χ4v) is 3.93. The molecule has 0 bridgehead atoms. The standard InChI is InChI=1S/C21H28N2O5S/c1-5-15(2)22-21(24)18(13-16-9-7-6-8-10-16)23-29(25,26)17-11-12-19(27-3)20(14-17)28-4/h6-12,14-15,18,23H,5,13H2,1-4H3,(H,22,24)/t15-,18-/m0/s1. The van der Waals surface area contributed by atoms with Crippen molar-refractivity contribution >= 4 is 15.9 Å². The van der Waals surface area contributed by atoms with Crippen molar-refractivity contribution in [2.45, 2.75) is 43.7 Å². The van der Waals surface area contributed by atoms with Gasteiger partial charge in [0.15, 0.2) is 11.5 Å². The molecule has 0 saturated heterocycles. The van der Waals surface area contributed by atoms with Gasteiger partial charge in [0.2, 0.25) is 15.9 Å². The van der Waals surface area contributed by atoms with E-state index in [1.165, 1.54) is 32.4 Å². The molecule has 1 amide bonds. The van der Waals surface area contributed by atoms with E-state index in [-0.39, 0.29) is 23.3 Å². The molecule has 0 unspecified atom stereocenters. The Bertz CT molecular complexity index is 916. The number of rotatable bonds is 10. The summed E-state index contributed by atoms with van der Waals surface area (Å²) in [4.78, 5) is 12.8. The number of amides is 1. The molecule has 8 heteroatoms. The van der Waals surface area contributed by atoms with E-state index in [1.54, 1.807) is 0 Å². The molecule has 7 nitrogen and oxygen atoms in total. The van der Waals surface area contributed by atoms with Crippen molar-refractivity contribution in [3.05, 3.63) is 54.1 Å². The van der Waals surface area contributed by atoms with E-state index in [2.05, 4.69) is 10.0 Å². The molecule has 0 radical (unpaired) electrons. The van der Waals surface area contributed by atoms with Crippen LogP contribution in [0.5, 0.6) is 11.5 Å². The molecule has 0 spiro atoms. The Labute approximate surface area is 172 Å². The Hall–Kier alpha value is -2.58. The zero-order valence-corrected chi connectivity index (χ0v) is 18.0. The summed E-state index contributed by atoms with van der Waals surface area (Å²) in [6.45, 7) is 3.82. The van der Waals surface area contributed by atoms with Crippen LogP contribution in [0, 0.1) is 0 Å². The summed E-state index contributed by atoms with van der Waals surface area (Å²) in [7, 11) is -1.07. The fourth-order valence-electron chi connectivity index (χ4n) is 2.72. The van der Waals surface area contributed by atoms with E-state index >= 15 is 0 Å². The highest BCUT2D eigenvalue weighted by Gasteiger charge is 2.27. The second kappa shape index (κ2) is 10.3. The number of sulfonamides is 1. The first-order valence-electron chi connectivity index (χ1n) is 9.39. The summed E-state index contributed by atoms with van der Waals surface area (Å²) in [5, 5.41) is 2.85. The van der Waals surface area contributed by atoms with Crippen molar-refractivity contribution in [1.82, 2.24) is 10.0 Å². The number of carbonyl (C=O) groups is 1. The van der Waals surface area contributed by atoms with Crippen LogP contribution >= 0.6 is 0 Å². The van der Waals surface area contributed by atoms with Crippen LogP contribution in [0.4, 0.5) is 0 Å². The van der Waals surface area contributed by atoms with E-state index in [0.29, 0.717) is 11.5 Å². The average Bonchev–Trinajstić information content (AvgIpc) is 2.73. The molecule has 2 rings (SSSR count). The van der Waals surface area contributed by atoms with E-state index in [4.69, 9.17) is 9.47 Å². The molecule has 2 aromatic rings. The van der Waals surface area contributed by atoms with Gasteiger partial charge in [-0.3, -0.25) is 4.79 Å². The molecule has 0 heterocycles. The molecule has 0 saturated carbocycles. The van der Waals surface area contributed by atoms with Crippen molar-refractivity contribution < 1.29 is 22.7 Å². The predicted octanol–water partition coefficient (Wildman–Crippen LogP) is 2.51. The Morgan fingerprint density at radius 2 is 1.69 bits per heavy atom. The lowest BCUT2D eigenvalue weighted by atomic mass is 10.1. The molecule has 2 N–H and O–H groups in total. The molecule has 2 atom stereocenters. The van der Waals surface area contributed by atoms with Gasteiger partial charge in [0.25, 0.3) is 0 Å². The van der Waals surface area contributed by atoms with Crippen LogP contribution in [0.25, 0.3) is 0 Å². The van der Waals surface area contributed by atoms with Gasteiger partial charge in [0.05, 0.1) is 19.1 Å². The number of ether oxygens (including phenoxy) is 2. The zero-order valence-electron chi connectivity index (χ0n) is 17.1. The first-order chi connectivity index (χ1) is 13.8. The molecule has 0 fully saturated rings. The first-order valence-corrected chi connectivity index (χ1v) is 10.9. The van der Waals surface area contributed by atoms with Crippen LogP contribution in [-0.2, 0) is 21.2 Å². The smallest absolute Gasteiger partial charge is 0.241 e. The van der Waals surface area contributed by atoms with Gasteiger partial charge in [0.1, 0.15) is 6.04 Å². The number of benzene rings is 2. The van der Waals surface area contributed by atoms with E-state index in [9.17, 15) is 13.2 Å². The number of hydrogen-bond acceptors (Lipinski definition) is 5. The highest BCUT2D eigenvalue weighted by molar-refractivity contribution is 7.89. The summed E-state index contributed by atoms with van der Waals surface area (Å²) in [5.74, 6) is 0.341.